The van der Waals surface area contributed by atoms with Crippen molar-refractivity contribution < 1.29 is 8.42 Å². The Kier molecular flexibility index (Phi) is 4.69. The Balaban J connectivity index is 1.84. The molecule has 0 atom stereocenters. The Morgan fingerprint density at radius 3 is 2.44 bits per heavy atom. The minimum Gasteiger partial charge on any atom is -0.363 e. The van der Waals surface area contributed by atoms with Crippen LogP contribution in [0.2, 0.25) is 0 Å². The normalized spacial score (nSPS) is 11.6. The zero-order valence-corrected chi connectivity index (χ0v) is 15.2. The third-order valence-corrected chi connectivity index (χ3v) is 5.20. The lowest BCUT2D eigenvalue weighted by Gasteiger charge is -2.13. The minimum absolute atomic E-state index is 0.0394. The van der Waals surface area contributed by atoms with Gasteiger partial charge in [-0.2, -0.15) is 0 Å². The van der Waals surface area contributed by atoms with Crippen molar-refractivity contribution in [2.75, 3.05) is 19.0 Å². The molecule has 0 aliphatic rings. The van der Waals surface area contributed by atoms with E-state index in [1.165, 1.54) is 0 Å². The molecule has 0 fully saturated rings. The van der Waals surface area contributed by atoms with Gasteiger partial charge in [0.15, 0.2) is 0 Å². The first-order valence-corrected chi connectivity index (χ1v) is 9.34. The minimum atomic E-state index is -3.64. The van der Waals surface area contributed by atoms with Crippen LogP contribution in [0.4, 0.5) is 5.82 Å². The summed E-state index contributed by atoms with van der Waals surface area (Å²) >= 11 is 0. The summed E-state index contributed by atoms with van der Waals surface area (Å²) in [7, 11) is 0.120. The van der Waals surface area contributed by atoms with E-state index in [0.717, 1.165) is 22.3 Å². The van der Waals surface area contributed by atoms with Crippen molar-refractivity contribution in [1.82, 2.24) is 14.7 Å². The third kappa shape index (κ3) is 3.94. The number of benzene rings is 2. The van der Waals surface area contributed by atoms with Gasteiger partial charge in [0.05, 0.1) is 11.4 Å². The molecule has 3 rings (SSSR count). The molecule has 0 unspecified atom stereocenters. The molecule has 0 bridgehead atoms. The van der Waals surface area contributed by atoms with Gasteiger partial charge in [-0.05, 0) is 29.8 Å². The summed E-state index contributed by atoms with van der Waals surface area (Å²) in [6, 6.07) is 14.6. The standard InChI is InChI=1S/C18H20N4O2S/c1-13-10-18(22(2)3)21-17(20-13)12-19-25(23,24)16-9-8-14-6-4-5-7-15(14)11-16/h4-11,19H,12H2,1-3H3. The van der Waals surface area contributed by atoms with Crippen molar-refractivity contribution in [3.63, 3.8) is 0 Å². The number of hydrogen-bond donors (Lipinski definition) is 1. The summed E-state index contributed by atoms with van der Waals surface area (Å²) in [5, 5.41) is 1.88. The number of fused-ring (bicyclic) bond motifs is 1. The predicted octanol–water partition coefficient (Wildman–Crippen LogP) is 2.48. The Labute approximate surface area is 147 Å². The number of sulfonamides is 1. The molecule has 0 spiro atoms. The van der Waals surface area contributed by atoms with Gasteiger partial charge in [0.2, 0.25) is 10.0 Å². The lowest BCUT2D eigenvalue weighted by atomic mass is 10.1. The lowest BCUT2D eigenvalue weighted by molar-refractivity contribution is 0.579. The number of aromatic nitrogens is 2. The summed E-state index contributed by atoms with van der Waals surface area (Å²) < 4.78 is 27.7. The van der Waals surface area contributed by atoms with E-state index in [1.807, 2.05) is 56.3 Å². The molecule has 25 heavy (non-hydrogen) atoms. The quantitative estimate of drug-likeness (QED) is 0.760. The molecule has 0 aliphatic carbocycles. The fourth-order valence-corrected chi connectivity index (χ4v) is 3.51. The van der Waals surface area contributed by atoms with Crippen molar-refractivity contribution in [3.05, 3.63) is 60.0 Å². The van der Waals surface area contributed by atoms with Gasteiger partial charge in [0.1, 0.15) is 11.6 Å². The molecule has 1 N–H and O–H groups in total. The Morgan fingerprint density at radius 2 is 1.72 bits per heavy atom. The Bertz CT molecular complexity index is 1020. The molecule has 0 amide bonds. The number of aryl methyl sites for hydroxylation is 1. The molecule has 130 valence electrons. The smallest absolute Gasteiger partial charge is 0.240 e. The second kappa shape index (κ2) is 6.78. The fraction of sp³-hybridized carbons (Fsp3) is 0.222. The van der Waals surface area contributed by atoms with Crippen LogP contribution in [0, 0.1) is 6.92 Å². The zero-order chi connectivity index (χ0) is 18.0. The molecule has 1 aromatic heterocycles. The number of rotatable bonds is 5. The second-order valence-electron chi connectivity index (χ2n) is 6.01. The first kappa shape index (κ1) is 17.3. The van der Waals surface area contributed by atoms with Crippen LogP contribution in [0.15, 0.2) is 53.4 Å². The van der Waals surface area contributed by atoms with Crippen LogP contribution in [-0.2, 0) is 16.6 Å². The average Bonchev–Trinajstić information content (AvgIpc) is 2.59. The number of anilines is 1. The lowest BCUT2D eigenvalue weighted by Crippen LogP contribution is -2.25. The Hall–Kier alpha value is -2.51. The summed E-state index contributed by atoms with van der Waals surface area (Å²) in [4.78, 5) is 10.8. The highest BCUT2D eigenvalue weighted by molar-refractivity contribution is 7.89. The third-order valence-electron chi connectivity index (χ3n) is 3.80. The van der Waals surface area contributed by atoms with Gasteiger partial charge in [-0.3, -0.25) is 0 Å². The Morgan fingerprint density at radius 1 is 1.00 bits per heavy atom. The fourth-order valence-electron chi connectivity index (χ4n) is 2.50. The molecule has 0 radical (unpaired) electrons. The van der Waals surface area contributed by atoms with Crippen LogP contribution < -0.4 is 9.62 Å². The van der Waals surface area contributed by atoms with E-state index in [4.69, 9.17) is 0 Å². The topological polar surface area (TPSA) is 75.2 Å². The summed E-state index contributed by atoms with van der Waals surface area (Å²) in [6.07, 6.45) is 0. The maximum Gasteiger partial charge on any atom is 0.240 e. The molecule has 6 nitrogen and oxygen atoms in total. The van der Waals surface area contributed by atoms with Gasteiger partial charge in [-0.1, -0.05) is 30.3 Å². The molecule has 2 aromatic carbocycles. The van der Waals surface area contributed by atoms with Gasteiger partial charge in [-0.25, -0.2) is 23.1 Å². The highest BCUT2D eigenvalue weighted by Gasteiger charge is 2.15. The SMILES string of the molecule is Cc1cc(N(C)C)nc(CNS(=O)(=O)c2ccc3ccccc3c2)n1. The predicted molar refractivity (Wildman–Crippen MR) is 99.1 cm³/mol. The van der Waals surface area contributed by atoms with Crippen LogP contribution in [0.25, 0.3) is 10.8 Å². The summed E-state index contributed by atoms with van der Waals surface area (Å²) in [5.74, 6) is 1.18. The van der Waals surface area contributed by atoms with Crippen LogP contribution >= 0.6 is 0 Å². The van der Waals surface area contributed by atoms with Crippen LogP contribution in [-0.4, -0.2) is 32.5 Å². The van der Waals surface area contributed by atoms with E-state index in [9.17, 15) is 8.42 Å². The highest BCUT2D eigenvalue weighted by Crippen LogP contribution is 2.19. The van der Waals surface area contributed by atoms with E-state index in [1.54, 1.807) is 18.2 Å². The molecule has 0 aliphatic heterocycles. The van der Waals surface area contributed by atoms with Crippen LogP contribution in [0.1, 0.15) is 11.5 Å². The van der Waals surface area contributed by atoms with Gasteiger partial charge in [0, 0.05) is 25.9 Å². The first-order chi connectivity index (χ1) is 11.8. The zero-order valence-electron chi connectivity index (χ0n) is 14.4. The van der Waals surface area contributed by atoms with Gasteiger partial charge < -0.3 is 4.90 Å². The number of nitrogens with zero attached hydrogens (tertiary/aromatic N) is 3. The maximum atomic E-state index is 12.6. The van der Waals surface area contributed by atoms with Gasteiger partial charge in [-0.15, -0.1) is 0 Å². The molecular formula is C18H20N4O2S. The van der Waals surface area contributed by atoms with E-state index < -0.39 is 10.0 Å². The molecule has 0 saturated heterocycles. The summed E-state index contributed by atoms with van der Waals surface area (Å²) in [6.45, 7) is 1.90. The van der Waals surface area contributed by atoms with E-state index >= 15 is 0 Å². The van der Waals surface area contributed by atoms with Gasteiger partial charge in [0.25, 0.3) is 0 Å². The highest BCUT2D eigenvalue weighted by atomic mass is 32.2. The second-order valence-corrected chi connectivity index (χ2v) is 7.78. The molecule has 3 aromatic rings. The number of hydrogen-bond acceptors (Lipinski definition) is 5. The van der Waals surface area contributed by atoms with Crippen molar-refractivity contribution in [2.45, 2.75) is 18.4 Å². The maximum absolute atomic E-state index is 12.6. The molecular weight excluding hydrogens is 336 g/mol. The van der Waals surface area contributed by atoms with E-state index in [0.29, 0.717) is 5.82 Å². The van der Waals surface area contributed by atoms with Crippen molar-refractivity contribution >= 4 is 26.6 Å². The summed E-state index contributed by atoms with van der Waals surface area (Å²) in [5.41, 5.74) is 0.790. The van der Waals surface area contributed by atoms with Gasteiger partial charge >= 0.3 is 0 Å². The van der Waals surface area contributed by atoms with Crippen molar-refractivity contribution in [3.8, 4) is 0 Å². The largest absolute Gasteiger partial charge is 0.363 e. The average molecular weight is 356 g/mol. The van der Waals surface area contributed by atoms with E-state index in [2.05, 4.69) is 14.7 Å². The molecule has 1 heterocycles. The monoisotopic (exact) mass is 356 g/mol. The first-order valence-electron chi connectivity index (χ1n) is 7.85. The van der Waals surface area contributed by atoms with E-state index in [-0.39, 0.29) is 11.4 Å². The van der Waals surface area contributed by atoms with Crippen molar-refractivity contribution in [1.29, 1.82) is 0 Å². The van der Waals surface area contributed by atoms with Crippen molar-refractivity contribution in [2.24, 2.45) is 0 Å². The van der Waals surface area contributed by atoms with Crippen LogP contribution in [0.5, 0.6) is 0 Å². The number of nitrogens with one attached hydrogen (secondary N) is 1. The molecule has 0 saturated carbocycles. The van der Waals surface area contributed by atoms with Crippen LogP contribution in [0.3, 0.4) is 0 Å². The molecule has 7 heteroatoms.